The number of nitrogens with zero attached hydrogens (tertiary/aromatic N) is 2. The van der Waals surface area contributed by atoms with Crippen LogP contribution in [-0.2, 0) is 32.3 Å². The van der Waals surface area contributed by atoms with E-state index in [9.17, 15) is 39.0 Å². The zero-order valence-corrected chi connectivity index (χ0v) is 28.4. The number of aliphatic hydroxyl groups is 2. The molecule has 1 aliphatic heterocycles. The summed E-state index contributed by atoms with van der Waals surface area (Å²) in [6.45, 7) is 7.51. The number of hydrogen-bond donors (Lipinski definition) is 8. The van der Waals surface area contributed by atoms with Crippen molar-refractivity contribution in [1.82, 2.24) is 41.9 Å². The molecule has 2 aromatic heterocycles. The molecule has 0 aliphatic carbocycles. The van der Waals surface area contributed by atoms with Crippen molar-refractivity contribution >= 4 is 58.1 Å². The monoisotopic (exact) mass is 694 g/mol. The second-order valence-corrected chi connectivity index (χ2v) is 13.2. The Morgan fingerprint density at radius 3 is 1.57 bits per heavy atom. The van der Waals surface area contributed by atoms with Crippen molar-refractivity contribution in [1.29, 1.82) is 0 Å². The van der Waals surface area contributed by atoms with Crippen LogP contribution in [0.4, 0.5) is 0 Å². The average molecular weight is 695 g/mol. The fourth-order valence-electron chi connectivity index (χ4n) is 4.49. The fraction of sp³-hybridized carbons (Fsp3) is 0.586. The highest BCUT2D eigenvalue weighted by atomic mass is 32.1. The lowest BCUT2D eigenvalue weighted by Gasteiger charge is -2.27. The maximum Gasteiger partial charge on any atom is 0.271 e. The average Bonchev–Trinajstić information content (AvgIpc) is 3.74. The number of fused-ring (bicyclic) bond motifs is 4. The lowest BCUT2D eigenvalue weighted by Crippen LogP contribution is -2.58. The van der Waals surface area contributed by atoms with Gasteiger partial charge in [0.25, 0.3) is 11.8 Å². The van der Waals surface area contributed by atoms with E-state index >= 15 is 0 Å². The molecule has 258 valence electrons. The van der Waals surface area contributed by atoms with Crippen molar-refractivity contribution in [2.75, 3.05) is 6.61 Å². The van der Waals surface area contributed by atoms with Crippen LogP contribution in [0.3, 0.4) is 0 Å². The van der Waals surface area contributed by atoms with E-state index in [1.54, 1.807) is 13.8 Å². The van der Waals surface area contributed by atoms with Crippen molar-refractivity contribution in [3.63, 3.8) is 0 Å². The van der Waals surface area contributed by atoms with Crippen molar-refractivity contribution in [2.45, 2.75) is 90.8 Å². The van der Waals surface area contributed by atoms with Crippen LogP contribution in [0.2, 0.25) is 0 Å². The first-order valence-electron chi connectivity index (χ1n) is 15.2. The predicted octanol–water partition coefficient (Wildman–Crippen LogP) is -0.822. The van der Waals surface area contributed by atoms with Gasteiger partial charge < -0.3 is 42.1 Å². The molecule has 2 aromatic rings. The van der Waals surface area contributed by atoms with Crippen LogP contribution in [0.1, 0.15) is 78.5 Å². The number of aromatic nitrogens is 2. The summed E-state index contributed by atoms with van der Waals surface area (Å²) < 4.78 is 0. The molecule has 4 bridgehead atoms. The molecule has 47 heavy (non-hydrogen) atoms. The summed E-state index contributed by atoms with van der Waals surface area (Å²) in [5, 5.41) is 39.3. The van der Waals surface area contributed by atoms with Crippen LogP contribution in [0.5, 0.6) is 0 Å². The van der Waals surface area contributed by atoms with Gasteiger partial charge in [0.1, 0.15) is 45.6 Å². The van der Waals surface area contributed by atoms with E-state index in [-0.39, 0.29) is 36.3 Å². The smallest absolute Gasteiger partial charge is 0.271 e. The largest absolute Gasteiger partial charge is 0.394 e. The number of hydrogen-bond acceptors (Lipinski definition) is 12. The third-order valence-corrected chi connectivity index (χ3v) is 9.54. The molecular weight excluding hydrogens is 653 g/mol. The van der Waals surface area contributed by atoms with E-state index in [1.165, 1.54) is 17.7 Å². The normalized spacial score (nSPS) is 24.3. The summed E-state index contributed by atoms with van der Waals surface area (Å²) >= 11 is 2.14. The Labute approximate surface area is 279 Å². The molecule has 18 heteroatoms. The molecule has 0 saturated carbocycles. The van der Waals surface area contributed by atoms with Gasteiger partial charge in [-0.15, -0.1) is 22.7 Å². The molecule has 6 amide bonds. The maximum absolute atomic E-state index is 13.4. The van der Waals surface area contributed by atoms with Gasteiger partial charge in [0, 0.05) is 10.8 Å². The van der Waals surface area contributed by atoms with E-state index in [0.717, 1.165) is 22.7 Å². The Morgan fingerprint density at radius 1 is 0.702 bits per heavy atom. The minimum Gasteiger partial charge on any atom is -0.394 e. The molecule has 0 radical (unpaired) electrons. The van der Waals surface area contributed by atoms with Gasteiger partial charge in [-0.3, -0.25) is 28.8 Å². The molecule has 0 aromatic carbocycles. The number of amides is 6. The van der Waals surface area contributed by atoms with Crippen molar-refractivity contribution < 1.29 is 39.0 Å². The van der Waals surface area contributed by atoms with Gasteiger partial charge in [0.05, 0.1) is 25.8 Å². The van der Waals surface area contributed by atoms with Gasteiger partial charge in [-0.2, -0.15) is 0 Å². The standard InChI is InChI=1S/C29H42N8O8S2/c1-6-13(3)21-28(44)34-16(10-38)24(40)30-8-19-32-18(11-46-19)26(42)36-22(14(4)7-2)29(45)37-23(15(5)39)27(43)31-9-20-33-17(12-47-20)25(41)35-21/h11-16,21-23,38-39H,6-10H2,1-5H3,(H,30,40)(H,31,43)(H,34,44)(H,35,41)(H,36,42)(H,37,45)/t13-,14-,15+,16-,21-,22-,23-/m0/s1. The highest BCUT2D eigenvalue weighted by Gasteiger charge is 2.34. The third kappa shape index (κ3) is 9.99. The Morgan fingerprint density at radius 2 is 1.15 bits per heavy atom. The molecule has 8 N–H and O–H groups in total. The third-order valence-electron chi connectivity index (χ3n) is 7.84. The highest BCUT2D eigenvalue weighted by Crippen LogP contribution is 2.15. The van der Waals surface area contributed by atoms with Crippen molar-refractivity contribution in [2.24, 2.45) is 11.8 Å². The van der Waals surface area contributed by atoms with E-state index in [2.05, 4.69) is 41.9 Å². The van der Waals surface area contributed by atoms with Crippen LogP contribution < -0.4 is 31.9 Å². The van der Waals surface area contributed by atoms with Gasteiger partial charge in [-0.25, -0.2) is 9.97 Å². The topological polar surface area (TPSA) is 241 Å². The lowest BCUT2D eigenvalue weighted by atomic mass is 9.97. The number of carbonyl (C=O) groups excluding carboxylic acids is 6. The van der Waals surface area contributed by atoms with Gasteiger partial charge in [0.15, 0.2) is 0 Å². The number of thiazole rings is 2. The van der Waals surface area contributed by atoms with Gasteiger partial charge in [0.2, 0.25) is 23.6 Å². The maximum atomic E-state index is 13.4. The Hall–Kier alpha value is -4.00. The summed E-state index contributed by atoms with van der Waals surface area (Å²) in [4.78, 5) is 87.2. The van der Waals surface area contributed by atoms with E-state index in [4.69, 9.17) is 0 Å². The zero-order chi connectivity index (χ0) is 34.8. The predicted molar refractivity (Wildman–Crippen MR) is 172 cm³/mol. The Kier molecular flexibility index (Phi) is 13.7. The van der Waals surface area contributed by atoms with Crippen LogP contribution in [0, 0.1) is 11.8 Å². The number of aliphatic hydroxyl groups excluding tert-OH is 2. The summed E-state index contributed by atoms with van der Waals surface area (Å²) in [5.41, 5.74) is -0.0248. The highest BCUT2D eigenvalue weighted by molar-refractivity contribution is 7.10. The van der Waals surface area contributed by atoms with Crippen LogP contribution in [0.15, 0.2) is 10.8 Å². The second-order valence-electron chi connectivity index (χ2n) is 11.3. The minimum atomic E-state index is -1.37. The lowest BCUT2D eigenvalue weighted by molar-refractivity contribution is -0.133. The Bertz CT molecular complexity index is 1450. The molecule has 0 unspecified atom stereocenters. The first kappa shape index (κ1) is 37.5. The SMILES string of the molecule is CC[C@H](C)[C@@H]1NC(=O)c2csc(n2)CNC(=O)[C@H]([C@@H](C)O)NC(=O)[C@H]([C@@H](C)CC)NC(=O)c2csc(n2)CNC(=O)[C@H](CO)NC1=O. The van der Waals surface area contributed by atoms with Gasteiger partial charge in [-0.1, -0.05) is 40.5 Å². The first-order chi connectivity index (χ1) is 22.3. The summed E-state index contributed by atoms with van der Waals surface area (Å²) in [6, 6.07) is -4.86. The van der Waals surface area contributed by atoms with Crippen molar-refractivity contribution in [3.05, 3.63) is 32.2 Å². The minimum absolute atomic E-state index is 0.0124. The molecule has 0 saturated heterocycles. The molecule has 0 spiro atoms. The van der Waals surface area contributed by atoms with Crippen LogP contribution >= 0.6 is 22.7 Å². The van der Waals surface area contributed by atoms with Crippen LogP contribution in [0.25, 0.3) is 0 Å². The number of rotatable bonds is 6. The molecule has 0 fully saturated rings. The van der Waals surface area contributed by atoms with E-state index < -0.39 is 72.3 Å². The molecule has 3 heterocycles. The summed E-state index contributed by atoms with van der Waals surface area (Å²) in [7, 11) is 0. The quantitative estimate of drug-likeness (QED) is 0.187. The molecule has 1 aliphatic rings. The molecule has 16 nitrogen and oxygen atoms in total. The van der Waals surface area contributed by atoms with Crippen molar-refractivity contribution in [3.8, 4) is 0 Å². The van der Waals surface area contributed by atoms with Gasteiger partial charge in [-0.05, 0) is 18.8 Å². The molecule has 3 rings (SSSR count). The number of carbonyl (C=O) groups is 6. The summed E-state index contributed by atoms with van der Waals surface area (Å²) in [6.07, 6.45) is -0.297. The zero-order valence-electron chi connectivity index (χ0n) is 26.8. The molecule has 7 atom stereocenters. The van der Waals surface area contributed by atoms with E-state index in [0.29, 0.717) is 22.9 Å². The molecular formula is C29H42N8O8S2. The Balaban J connectivity index is 1.94. The first-order valence-corrected chi connectivity index (χ1v) is 17.0. The summed E-state index contributed by atoms with van der Waals surface area (Å²) in [5.74, 6) is -4.84. The van der Waals surface area contributed by atoms with Crippen LogP contribution in [-0.4, -0.2) is 92.5 Å². The fourth-order valence-corrected chi connectivity index (χ4v) is 5.92. The van der Waals surface area contributed by atoms with E-state index in [1.807, 2.05) is 13.8 Å². The number of nitrogens with one attached hydrogen (secondary N) is 6. The second kappa shape index (κ2) is 17.2. The van der Waals surface area contributed by atoms with Gasteiger partial charge >= 0.3 is 0 Å².